The molecule has 0 heterocycles. The van der Waals surface area contributed by atoms with Crippen molar-refractivity contribution < 1.29 is 48.6 Å². The van der Waals surface area contributed by atoms with E-state index in [1.807, 2.05) is 0 Å². The molecule has 0 N–H and O–H groups in total. The topological polar surface area (TPSA) is 9.23 Å². The molecule has 11 heteroatoms. The maximum absolute atomic E-state index is 14.9. The lowest BCUT2D eigenvalue weighted by molar-refractivity contribution is -0.271. The first-order valence-electron chi connectivity index (χ1n) is 11.0. The van der Waals surface area contributed by atoms with Gasteiger partial charge in [0, 0.05) is 24.3 Å². The maximum atomic E-state index is 14.9. The van der Waals surface area contributed by atoms with Crippen LogP contribution < -0.4 is 0 Å². The number of hydrogen-bond acceptors (Lipinski definition) is 1. The van der Waals surface area contributed by atoms with Crippen LogP contribution in [0, 0.1) is 24.4 Å². The fourth-order valence-corrected chi connectivity index (χ4v) is 4.35. The van der Waals surface area contributed by atoms with Gasteiger partial charge in [0.05, 0.1) is 6.10 Å². The summed E-state index contributed by atoms with van der Waals surface area (Å²) in [5, 5.41) is 0. The quantitative estimate of drug-likeness (QED) is 0.348. The smallest absolute Gasteiger partial charge is 0.309 e. The van der Waals surface area contributed by atoms with Crippen molar-refractivity contribution in [1.29, 1.82) is 0 Å². The van der Waals surface area contributed by atoms with Crippen LogP contribution in [0.15, 0.2) is 60.0 Å². The zero-order chi connectivity index (χ0) is 27.2. The van der Waals surface area contributed by atoms with Crippen LogP contribution in [0.1, 0.15) is 41.0 Å². The summed E-state index contributed by atoms with van der Waals surface area (Å²) in [5.41, 5.74) is -3.06. The number of halogens is 10. The summed E-state index contributed by atoms with van der Waals surface area (Å²) in [6.45, 7) is 1.62. The van der Waals surface area contributed by atoms with Crippen molar-refractivity contribution in [2.75, 3.05) is 0 Å². The van der Waals surface area contributed by atoms with E-state index in [2.05, 4.69) is 4.74 Å². The predicted octanol–water partition coefficient (Wildman–Crippen LogP) is 8.50. The molecule has 2 aromatic rings. The van der Waals surface area contributed by atoms with Gasteiger partial charge in [-0.25, -0.2) is 35.1 Å². The van der Waals surface area contributed by atoms with Crippen molar-refractivity contribution in [3.05, 3.63) is 99.7 Å². The number of hydrogen-bond donors (Lipinski definition) is 0. The first kappa shape index (κ1) is 27.0. The number of alkyl halides is 4. The molecule has 0 saturated heterocycles. The molecule has 198 valence electrons. The predicted molar refractivity (Wildman–Crippen MR) is 114 cm³/mol. The molecule has 37 heavy (non-hydrogen) atoms. The minimum atomic E-state index is -4.78. The SMILES string of the molecule is Cc1ccc(C2C=C(F)C(c3cc(F)c(C(F)(F)OC4C=C(F)C(F)C(F)C4)c(F)c3)=C(F)C2)c(F)c1. The largest absolute Gasteiger partial charge is 0.389 e. The van der Waals surface area contributed by atoms with Crippen molar-refractivity contribution in [1.82, 2.24) is 0 Å². The van der Waals surface area contributed by atoms with Crippen LogP contribution in [0.5, 0.6) is 0 Å². The molecule has 0 aliphatic heterocycles. The van der Waals surface area contributed by atoms with E-state index in [-0.39, 0.29) is 23.8 Å². The van der Waals surface area contributed by atoms with Gasteiger partial charge in [-0.15, -0.1) is 0 Å². The molecule has 0 fully saturated rings. The molecule has 4 atom stereocenters. The molecule has 0 bridgehead atoms. The third-order valence-electron chi connectivity index (χ3n) is 6.12. The molecule has 0 saturated carbocycles. The summed E-state index contributed by atoms with van der Waals surface area (Å²) < 4.78 is 147. The zero-order valence-corrected chi connectivity index (χ0v) is 19.0. The summed E-state index contributed by atoms with van der Waals surface area (Å²) in [4.78, 5) is 0. The molecule has 0 aromatic heterocycles. The highest BCUT2D eigenvalue weighted by Gasteiger charge is 2.44. The molecule has 4 unspecified atom stereocenters. The van der Waals surface area contributed by atoms with Crippen molar-refractivity contribution in [3.63, 3.8) is 0 Å². The molecular formula is C26H18F10O. The van der Waals surface area contributed by atoms with E-state index in [4.69, 9.17) is 0 Å². The Bertz CT molecular complexity index is 1290. The van der Waals surface area contributed by atoms with E-state index in [0.29, 0.717) is 5.56 Å². The van der Waals surface area contributed by atoms with Gasteiger partial charge >= 0.3 is 6.11 Å². The number of rotatable bonds is 5. The Labute approximate surface area is 204 Å². The van der Waals surface area contributed by atoms with Gasteiger partial charge in [0.1, 0.15) is 46.7 Å². The van der Waals surface area contributed by atoms with E-state index in [1.54, 1.807) is 6.92 Å². The Balaban J connectivity index is 1.63. The normalized spacial score (nSPS) is 24.7. The van der Waals surface area contributed by atoms with Gasteiger partial charge in [0.25, 0.3) is 0 Å². The highest BCUT2D eigenvalue weighted by atomic mass is 19.3. The minimum Gasteiger partial charge on any atom is -0.309 e. The third-order valence-corrected chi connectivity index (χ3v) is 6.12. The maximum Gasteiger partial charge on any atom is 0.389 e. The summed E-state index contributed by atoms with van der Waals surface area (Å²) >= 11 is 0. The van der Waals surface area contributed by atoms with Crippen LogP contribution in [0.3, 0.4) is 0 Å². The van der Waals surface area contributed by atoms with Crippen LogP contribution in [0.4, 0.5) is 43.9 Å². The standard InChI is InChI=1S/C26H18F10O/c1-11-2-3-15(16(27)4-11)12-5-17(28)23(18(29)6-12)13-7-19(30)24(20(31)8-13)26(35,36)37-14-9-21(32)25(34)22(33)10-14/h2-5,7-9,12,14,22,25H,6,10H2,1H3. The molecule has 0 spiro atoms. The zero-order valence-electron chi connectivity index (χ0n) is 19.0. The summed E-state index contributed by atoms with van der Waals surface area (Å²) in [7, 11) is 0. The Morgan fingerprint density at radius 1 is 0.865 bits per heavy atom. The second-order valence-electron chi connectivity index (χ2n) is 8.82. The minimum absolute atomic E-state index is 0.0118. The van der Waals surface area contributed by atoms with E-state index < -0.39 is 94.9 Å². The summed E-state index contributed by atoms with van der Waals surface area (Å²) in [6, 6.07) is 4.55. The fourth-order valence-electron chi connectivity index (χ4n) is 4.35. The van der Waals surface area contributed by atoms with Crippen molar-refractivity contribution in [2.45, 2.75) is 50.2 Å². The third kappa shape index (κ3) is 5.32. The Morgan fingerprint density at radius 3 is 2.08 bits per heavy atom. The molecular weight excluding hydrogens is 518 g/mol. The molecule has 0 radical (unpaired) electrons. The first-order valence-corrected chi connectivity index (χ1v) is 11.0. The van der Waals surface area contributed by atoms with Crippen LogP contribution >= 0.6 is 0 Å². The number of ether oxygens (including phenoxy) is 1. The highest BCUT2D eigenvalue weighted by molar-refractivity contribution is 5.80. The van der Waals surface area contributed by atoms with Gasteiger partial charge in [-0.1, -0.05) is 12.1 Å². The van der Waals surface area contributed by atoms with Gasteiger partial charge in [-0.3, -0.25) is 0 Å². The second-order valence-corrected chi connectivity index (χ2v) is 8.82. The average molecular weight is 536 g/mol. The van der Waals surface area contributed by atoms with Crippen molar-refractivity contribution in [3.8, 4) is 0 Å². The summed E-state index contributed by atoms with van der Waals surface area (Å²) in [6.07, 6.45) is -12.5. The molecule has 2 aromatic carbocycles. The molecule has 1 nitrogen and oxygen atoms in total. The van der Waals surface area contributed by atoms with Crippen LogP contribution in [0.2, 0.25) is 0 Å². The van der Waals surface area contributed by atoms with Crippen LogP contribution in [-0.4, -0.2) is 18.4 Å². The van der Waals surface area contributed by atoms with Gasteiger partial charge in [0.2, 0.25) is 0 Å². The summed E-state index contributed by atoms with van der Waals surface area (Å²) in [5.74, 6) is -9.88. The highest BCUT2D eigenvalue weighted by Crippen LogP contribution is 2.44. The van der Waals surface area contributed by atoms with Crippen molar-refractivity contribution >= 4 is 5.57 Å². The van der Waals surface area contributed by atoms with E-state index in [0.717, 1.165) is 6.08 Å². The Kier molecular flexibility index (Phi) is 7.29. The second kappa shape index (κ2) is 10.00. The first-order chi connectivity index (χ1) is 17.3. The van der Waals surface area contributed by atoms with Crippen LogP contribution in [0.25, 0.3) is 5.57 Å². The van der Waals surface area contributed by atoms with E-state index in [9.17, 15) is 43.9 Å². The molecule has 2 aliphatic carbocycles. The number of allylic oxidation sites excluding steroid dienone is 5. The van der Waals surface area contributed by atoms with Gasteiger partial charge < -0.3 is 4.74 Å². The van der Waals surface area contributed by atoms with Crippen molar-refractivity contribution in [2.24, 2.45) is 0 Å². The lowest BCUT2D eigenvalue weighted by Gasteiger charge is -2.28. The van der Waals surface area contributed by atoms with E-state index >= 15 is 0 Å². The average Bonchev–Trinajstić information content (AvgIpc) is 2.76. The van der Waals surface area contributed by atoms with Gasteiger partial charge in [0.15, 0.2) is 6.17 Å². The van der Waals surface area contributed by atoms with Gasteiger partial charge in [-0.05, 0) is 54.0 Å². The lowest BCUT2D eigenvalue weighted by Crippen LogP contribution is -2.35. The number of aryl methyl sites for hydroxylation is 1. The van der Waals surface area contributed by atoms with Gasteiger partial charge in [-0.2, -0.15) is 8.78 Å². The lowest BCUT2D eigenvalue weighted by atomic mass is 9.86. The number of benzene rings is 2. The van der Waals surface area contributed by atoms with Crippen LogP contribution in [-0.2, 0) is 10.8 Å². The van der Waals surface area contributed by atoms with E-state index in [1.165, 1.54) is 18.2 Å². The Morgan fingerprint density at radius 2 is 1.51 bits per heavy atom. The molecule has 2 aliphatic rings. The molecule has 0 amide bonds. The fraction of sp³-hybridized carbons (Fsp3) is 0.308. The monoisotopic (exact) mass is 536 g/mol. The molecule has 4 rings (SSSR count). The Hall–Kier alpha value is -3.08.